The SMILES string of the molecule is CC(C)CC(CC(C)C)(C(=O)N[C@H](COS(C)(=O)=O)C(C)(C)C)C(=O)N[C@H](COS(C)(=O)=O)C(C)(C)C. The van der Waals surface area contributed by atoms with Crippen LogP contribution in [0.5, 0.6) is 0 Å². The Morgan fingerprint density at radius 3 is 1.11 bits per heavy atom. The van der Waals surface area contributed by atoms with Crippen LogP contribution in [0.3, 0.4) is 0 Å². The van der Waals surface area contributed by atoms with Gasteiger partial charge in [0.2, 0.25) is 11.8 Å². The Labute approximate surface area is 225 Å². The van der Waals surface area contributed by atoms with Crippen LogP contribution < -0.4 is 10.6 Å². The zero-order chi connectivity index (χ0) is 29.6. The van der Waals surface area contributed by atoms with E-state index in [0.29, 0.717) is 0 Å². The van der Waals surface area contributed by atoms with Crippen molar-refractivity contribution in [3.63, 3.8) is 0 Å². The Morgan fingerprint density at radius 2 is 0.919 bits per heavy atom. The monoisotopic (exact) mass is 570 g/mol. The van der Waals surface area contributed by atoms with E-state index in [-0.39, 0.29) is 37.9 Å². The molecule has 0 aromatic carbocycles. The molecule has 0 aliphatic heterocycles. The minimum atomic E-state index is -3.75. The van der Waals surface area contributed by atoms with Crippen molar-refractivity contribution in [2.24, 2.45) is 28.1 Å². The average Bonchev–Trinajstić information content (AvgIpc) is 2.62. The van der Waals surface area contributed by atoms with E-state index in [4.69, 9.17) is 8.37 Å². The highest BCUT2D eigenvalue weighted by Gasteiger charge is 2.49. The molecule has 0 aliphatic carbocycles. The zero-order valence-corrected chi connectivity index (χ0v) is 26.4. The van der Waals surface area contributed by atoms with Crippen molar-refractivity contribution in [1.82, 2.24) is 10.6 Å². The quantitative estimate of drug-likeness (QED) is 0.239. The summed E-state index contributed by atoms with van der Waals surface area (Å²) >= 11 is 0. The third-order valence-electron chi connectivity index (χ3n) is 5.98. The van der Waals surface area contributed by atoms with Crippen LogP contribution in [0.15, 0.2) is 0 Å². The molecule has 0 radical (unpaired) electrons. The molecule has 2 N–H and O–H groups in total. The van der Waals surface area contributed by atoms with Gasteiger partial charge in [-0.25, -0.2) is 0 Å². The number of rotatable bonds is 14. The Bertz CT molecular complexity index is 895. The molecule has 0 aliphatic rings. The zero-order valence-electron chi connectivity index (χ0n) is 24.7. The maximum atomic E-state index is 14.0. The Balaban J connectivity index is 6.49. The second-order valence-corrected chi connectivity index (χ2v) is 16.3. The summed E-state index contributed by atoms with van der Waals surface area (Å²) in [5, 5.41) is 5.83. The van der Waals surface area contributed by atoms with Crippen LogP contribution >= 0.6 is 0 Å². The fourth-order valence-corrected chi connectivity index (χ4v) is 4.71. The lowest BCUT2D eigenvalue weighted by Gasteiger charge is -2.40. The summed E-state index contributed by atoms with van der Waals surface area (Å²) in [6.45, 7) is 18.2. The first-order chi connectivity index (χ1) is 16.3. The fraction of sp³-hybridized carbons (Fsp3) is 0.920. The summed E-state index contributed by atoms with van der Waals surface area (Å²) < 4.78 is 56.6. The maximum absolute atomic E-state index is 14.0. The van der Waals surface area contributed by atoms with E-state index in [2.05, 4.69) is 10.6 Å². The van der Waals surface area contributed by atoms with Crippen LogP contribution in [0.4, 0.5) is 0 Å². The first-order valence-corrected chi connectivity index (χ1v) is 16.2. The van der Waals surface area contributed by atoms with Gasteiger partial charge in [-0.05, 0) is 35.5 Å². The van der Waals surface area contributed by atoms with Crippen molar-refractivity contribution in [2.45, 2.75) is 94.2 Å². The summed E-state index contributed by atoms with van der Waals surface area (Å²) in [6.07, 6.45) is 2.34. The summed E-state index contributed by atoms with van der Waals surface area (Å²) in [5.41, 5.74) is -2.64. The van der Waals surface area contributed by atoms with Gasteiger partial charge in [0.15, 0.2) is 0 Å². The molecular formula is C25H50N2O8S2. The summed E-state index contributed by atoms with van der Waals surface area (Å²) in [5.74, 6) is -1.12. The Kier molecular flexibility index (Phi) is 12.8. The highest BCUT2D eigenvalue weighted by atomic mass is 32.2. The maximum Gasteiger partial charge on any atom is 0.264 e. The normalized spacial score (nSPS) is 15.5. The molecule has 0 spiro atoms. The lowest BCUT2D eigenvalue weighted by molar-refractivity contribution is -0.148. The molecule has 37 heavy (non-hydrogen) atoms. The lowest BCUT2D eigenvalue weighted by atomic mass is 9.71. The number of carbonyl (C=O) groups is 2. The molecule has 0 heterocycles. The van der Waals surface area contributed by atoms with E-state index in [1.165, 1.54) is 0 Å². The Morgan fingerprint density at radius 1 is 0.649 bits per heavy atom. The first-order valence-electron chi connectivity index (χ1n) is 12.6. The van der Waals surface area contributed by atoms with E-state index in [1.807, 2.05) is 69.2 Å². The fourth-order valence-electron chi connectivity index (χ4n) is 3.94. The smallest absolute Gasteiger partial charge is 0.264 e. The van der Waals surface area contributed by atoms with E-state index in [9.17, 15) is 26.4 Å². The van der Waals surface area contributed by atoms with Gasteiger partial charge in [0.25, 0.3) is 20.2 Å². The molecule has 0 saturated heterocycles. The molecule has 12 heteroatoms. The Hall–Kier alpha value is -1.24. The molecule has 0 rings (SSSR count). The first kappa shape index (κ1) is 35.8. The largest absolute Gasteiger partial charge is 0.350 e. The van der Waals surface area contributed by atoms with E-state index in [1.54, 1.807) is 0 Å². The molecular weight excluding hydrogens is 520 g/mol. The van der Waals surface area contributed by atoms with Crippen LogP contribution in [0.2, 0.25) is 0 Å². The van der Waals surface area contributed by atoms with Crippen LogP contribution in [-0.2, 0) is 38.2 Å². The molecule has 0 aromatic heterocycles. The van der Waals surface area contributed by atoms with Gasteiger partial charge in [-0.1, -0.05) is 69.2 Å². The number of amides is 2. The molecule has 10 nitrogen and oxygen atoms in total. The molecule has 0 fully saturated rings. The van der Waals surface area contributed by atoms with Crippen molar-refractivity contribution in [3.05, 3.63) is 0 Å². The van der Waals surface area contributed by atoms with Crippen LogP contribution in [0.1, 0.15) is 82.1 Å². The third kappa shape index (κ3) is 13.4. The van der Waals surface area contributed by atoms with Gasteiger partial charge in [0.05, 0.1) is 37.8 Å². The highest BCUT2D eigenvalue weighted by Crippen LogP contribution is 2.36. The van der Waals surface area contributed by atoms with Gasteiger partial charge in [0.1, 0.15) is 5.41 Å². The third-order valence-corrected chi connectivity index (χ3v) is 7.11. The predicted molar refractivity (Wildman–Crippen MR) is 146 cm³/mol. The van der Waals surface area contributed by atoms with Gasteiger partial charge < -0.3 is 10.6 Å². The number of hydrogen-bond acceptors (Lipinski definition) is 8. The number of nitrogens with one attached hydrogen (secondary N) is 2. The second kappa shape index (κ2) is 13.2. The number of hydrogen-bond donors (Lipinski definition) is 2. The van der Waals surface area contributed by atoms with Gasteiger partial charge >= 0.3 is 0 Å². The van der Waals surface area contributed by atoms with E-state index in [0.717, 1.165) is 12.5 Å². The molecule has 2 amide bonds. The molecule has 220 valence electrons. The van der Waals surface area contributed by atoms with Crippen LogP contribution in [-0.4, -0.2) is 66.5 Å². The minimum Gasteiger partial charge on any atom is -0.350 e. The minimum absolute atomic E-state index is 0.0315. The van der Waals surface area contributed by atoms with E-state index >= 15 is 0 Å². The standard InChI is InChI=1S/C25H50N2O8S2/c1-17(2)13-25(14-18(3)4,21(28)26-19(23(5,6)7)15-34-36(11,30)31)22(29)27-20(24(8,9)10)16-35-37(12,32)33/h17-20H,13-16H2,1-12H3,(H,26,28)(H,27,29)/t19-,20-/m1/s1. The van der Waals surface area contributed by atoms with Crippen molar-refractivity contribution in [2.75, 3.05) is 25.7 Å². The topological polar surface area (TPSA) is 145 Å². The molecule has 0 saturated carbocycles. The summed E-state index contributed by atoms with van der Waals surface area (Å²) in [4.78, 5) is 28.0. The van der Waals surface area contributed by atoms with Crippen molar-refractivity contribution in [1.29, 1.82) is 0 Å². The molecule has 0 aromatic rings. The second-order valence-electron chi connectivity index (χ2n) is 13.0. The number of carbonyl (C=O) groups excluding carboxylic acids is 2. The van der Waals surface area contributed by atoms with Gasteiger partial charge in [-0.2, -0.15) is 16.8 Å². The summed E-state index contributed by atoms with van der Waals surface area (Å²) in [6, 6.07) is -1.40. The summed E-state index contributed by atoms with van der Waals surface area (Å²) in [7, 11) is -7.50. The lowest BCUT2D eigenvalue weighted by Crippen LogP contribution is -2.60. The van der Waals surface area contributed by atoms with E-state index < -0.39 is 60.4 Å². The van der Waals surface area contributed by atoms with Gasteiger partial charge in [-0.3, -0.25) is 18.0 Å². The highest BCUT2D eigenvalue weighted by molar-refractivity contribution is 7.86. The van der Waals surface area contributed by atoms with Crippen LogP contribution in [0, 0.1) is 28.1 Å². The molecule has 2 atom stereocenters. The van der Waals surface area contributed by atoms with Gasteiger partial charge in [-0.15, -0.1) is 0 Å². The van der Waals surface area contributed by atoms with Crippen molar-refractivity contribution in [3.8, 4) is 0 Å². The molecule has 0 bridgehead atoms. The van der Waals surface area contributed by atoms with Crippen molar-refractivity contribution >= 4 is 32.1 Å². The average molecular weight is 571 g/mol. The van der Waals surface area contributed by atoms with Crippen molar-refractivity contribution < 1.29 is 34.8 Å². The molecule has 0 unspecified atom stereocenters. The van der Waals surface area contributed by atoms with Gasteiger partial charge in [0, 0.05) is 0 Å². The predicted octanol–water partition coefficient (Wildman–Crippen LogP) is 3.08. The van der Waals surface area contributed by atoms with Crippen LogP contribution in [0.25, 0.3) is 0 Å².